The Kier molecular flexibility index (Phi) is 7.24. The number of halogens is 3. The monoisotopic (exact) mass is 552 g/mol. The average Bonchev–Trinajstić information content (AvgIpc) is 2.95. The van der Waals surface area contributed by atoms with Crippen molar-refractivity contribution in [2.75, 3.05) is 7.11 Å². The number of fused-ring (bicyclic) bond motifs is 1. The molecule has 9 nitrogen and oxygen atoms in total. The molecular formula is C28H23F3N4O5. The molecule has 1 aliphatic rings. The van der Waals surface area contributed by atoms with Crippen molar-refractivity contribution in [3.8, 4) is 5.69 Å². The summed E-state index contributed by atoms with van der Waals surface area (Å²) < 4.78 is 48.3. The minimum absolute atomic E-state index is 0.0723. The number of ether oxygens (including phenoxy) is 1. The molecule has 1 saturated carbocycles. The molecule has 1 amide bonds. The lowest BCUT2D eigenvalue weighted by Gasteiger charge is -2.30. The van der Waals surface area contributed by atoms with Gasteiger partial charge in [-0.2, -0.15) is 0 Å². The number of carbonyl (C=O) groups excluding carboxylic acids is 2. The summed E-state index contributed by atoms with van der Waals surface area (Å²) in [7, 11) is 1.24. The van der Waals surface area contributed by atoms with E-state index < -0.39 is 40.7 Å². The highest BCUT2D eigenvalue weighted by molar-refractivity contribution is 5.98. The van der Waals surface area contributed by atoms with Gasteiger partial charge in [0.15, 0.2) is 17.3 Å². The number of hydrogen-bond donors (Lipinski definition) is 1. The zero-order chi connectivity index (χ0) is 28.6. The molecule has 0 spiro atoms. The largest absolute Gasteiger partial charge is 0.465 e. The number of methoxy groups -OCH3 is 1. The maximum Gasteiger partial charge on any atom is 0.337 e. The SMILES string of the molecule is COC(=O)c1cccc(C(=O)NC2CCC(n3c(=O)c4cc(F)cnc4n(-c4ccc(F)c(F)c4)c3=O)CC2)c1. The molecule has 206 valence electrons. The molecule has 2 aromatic carbocycles. The van der Waals surface area contributed by atoms with Crippen molar-refractivity contribution in [1.29, 1.82) is 0 Å². The number of aromatic nitrogens is 3. The molecule has 1 fully saturated rings. The van der Waals surface area contributed by atoms with Crippen molar-refractivity contribution in [3.63, 3.8) is 0 Å². The second kappa shape index (κ2) is 10.8. The Morgan fingerprint density at radius 1 is 0.950 bits per heavy atom. The normalized spacial score (nSPS) is 17.0. The van der Waals surface area contributed by atoms with Crippen LogP contribution in [0.4, 0.5) is 13.2 Å². The molecule has 1 N–H and O–H groups in total. The number of hydrogen-bond acceptors (Lipinski definition) is 6. The predicted octanol–water partition coefficient (Wildman–Crippen LogP) is 3.67. The first kappa shape index (κ1) is 26.9. The van der Waals surface area contributed by atoms with Gasteiger partial charge in [-0.05, 0) is 62.1 Å². The Balaban J connectivity index is 1.43. The maximum absolute atomic E-state index is 14.1. The van der Waals surface area contributed by atoms with Gasteiger partial charge in [0.25, 0.3) is 11.5 Å². The molecule has 40 heavy (non-hydrogen) atoms. The highest BCUT2D eigenvalue weighted by Crippen LogP contribution is 2.28. The molecule has 0 aliphatic heterocycles. The second-order valence-corrected chi connectivity index (χ2v) is 9.47. The predicted molar refractivity (Wildman–Crippen MR) is 138 cm³/mol. The molecule has 2 aromatic heterocycles. The van der Waals surface area contributed by atoms with E-state index in [2.05, 4.69) is 15.0 Å². The van der Waals surface area contributed by atoms with Crippen LogP contribution in [-0.4, -0.2) is 39.1 Å². The van der Waals surface area contributed by atoms with Crippen molar-refractivity contribution in [1.82, 2.24) is 19.4 Å². The Morgan fingerprint density at radius 2 is 1.68 bits per heavy atom. The van der Waals surface area contributed by atoms with Gasteiger partial charge in [0.1, 0.15) is 5.82 Å². The van der Waals surface area contributed by atoms with Crippen LogP contribution in [0.15, 0.2) is 64.3 Å². The Morgan fingerprint density at radius 3 is 2.38 bits per heavy atom. The van der Waals surface area contributed by atoms with E-state index >= 15 is 0 Å². The fourth-order valence-corrected chi connectivity index (χ4v) is 5.01. The summed E-state index contributed by atoms with van der Waals surface area (Å²) in [4.78, 5) is 55.4. The topological polar surface area (TPSA) is 112 Å². The summed E-state index contributed by atoms with van der Waals surface area (Å²) in [5.41, 5.74) is -1.32. The summed E-state index contributed by atoms with van der Waals surface area (Å²) in [6, 6.07) is 8.99. The summed E-state index contributed by atoms with van der Waals surface area (Å²) >= 11 is 0. The van der Waals surface area contributed by atoms with Crippen molar-refractivity contribution in [2.24, 2.45) is 0 Å². The molecule has 5 rings (SSSR count). The van der Waals surface area contributed by atoms with E-state index in [4.69, 9.17) is 0 Å². The van der Waals surface area contributed by atoms with E-state index in [0.29, 0.717) is 25.7 Å². The van der Waals surface area contributed by atoms with E-state index in [0.717, 1.165) is 33.5 Å². The zero-order valence-corrected chi connectivity index (χ0v) is 21.2. The van der Waals surface area contributed by atoms with Crippen LogP contribution in [0.5, 0.6) is 0 Å². The van der Waals surface area contributed by atoms with Gasteiger partial charge in [0.05, 0.1) is 29.9 Å². The fourth-order valence-electron chi connectivity index (χ4n) is 5.01. The number of esters is 1. The quantitative estimate of drug-likeness (QED) is 0.378. The number of nitrogens with one attached hydrogen (secondary N) is 1. The number of benzene rings is 2. The van der Waals surface area contributed by atoms with E-state index in [1.807, 2.05) is 0 Å². The minimum Gasteiger partial charge on any atom is -0.465 e. The van der Waals surface area contributed by atoms with Crippen molar-refractivity contribution in [3.05, 3.63) is 104 Å². The molecule has 2 heterocycles. The van der Waals surface area contributed by atoms with E-state index in [1.54, 1.807) is 12.1 Å². The van der Waals surface area contributed by atoms with Crippen LogP contribution in [0.1, 0.15) is 52.4 Å². The average molecular weight is 553 g/mol. The second-order valence-electron chi connectivity index (χ2n) is 9.47. The fraction of sp³-hybridized carbons (Fsp3) is 0.250. The number of carbonyl (C=O) groups is 2. The smallest absolute Gasteiger partial charge is 0.337 e. The van der Waals surface area contributed by atoms with Gasteiger partial charge in [-0.3, -0.25) is 14.2 Å². The van der Waals surface area contributed by atoms with E-state index in [9.17, 15) is 32.3 Å². The molecule has 0 atom stereocenters. The number of pyridine rings is 1. The first-order valence-electron chi connectivity index (χ1n) is 12.5. The van der Waals surface area contributed by atoms with Gasteiger partial charge in [0, 0.05) is 23.7 Å². The summed E-state index contributed by atoms with van der Waals surface area (Å²) in [6.07, 6.45) is 2.33. The maximum atomic E-state index is 14.1. The summed E-state index contributed by atoms with van der Waals surface area (Å²) in [5, 5.41) is 2.72. The van der Waals surface area contributed by atoms with Crippen LogP contribution in [-0.2, 0) is 4.74 Å². The van der Waals surface area contributed by atoms with Crippen LogP contribution < -0.4 is 16.6 Å². The lowest BCUT2D eigenvalue weighted by molar-refractivity contribution is 0.0600. The molecule has 0 radical (unpaired) electrons. The highest BCUT2D eigenvalue weighted by Gasteiger charge is 2.28. The highest BCUT2D eigenvalue weighted by atomic mass is 19.2. The minimum atomic E-state index is -1.20. The van der Waals surface area contributed by atoms with Gasteiger partial charge in [0.2, 0.25) is 0 Å². The van der Waals surface area contributed by atoms with Crippen LogP contribution in [0.2, 0.25) is 0 Å². The third kappa shape index (κ3) is 4.99. The summed E-state index contributed by atoms with van der Waals surface area (Å²) in [5.74, 6) is -4.08. The molecular weight excluding hydrogens is 529 g/mol. The van der Waals surface area contributed by atoms with Gasteiger partial charge in [-0.25, -0.2) is 32.3 Å². The Hall–Kier alpha value is -4.74. The lowest BCUT2D eigenvalue weighted by Crippen LogP contribution is -2.45. The first-order valence-corrected chi connectivity index (χ1v) is 12.5. The van der Waals surface area contributed by atoms with Gasteiger partial charge >= 0.3 is 11.7 Å². The van der Waals surface area contributed by atoms with E-state index in [-0.39, 0.29) is 39.8 Å². The number of amides is 1. The molecule has 4 aromatic rings. The third-order valence-electron chi connectivity index (χ3n) is 7.00. The van der Waals surface area contributed by atoms with Crippen LogP contribution in [0.25, 0.3) is 16.7 Å². The first-order chi connectivity index (χ1) is 19.2. The molecule has 0 unspecified atom stereocenters. The summed E-state index contributed by atoms with van der Waals surface area (Å²) in [6.45, 7) is 0. The van der Waals surface area contributed by atoms with Crippen molar-refractivity contribution in [2.45, 2.75) is 37.8 Å². The molecule has 12 heteroatoms. The van der Waals surface area contributed by atoms with Gasteiger partial charge in [-0.15, -0.1) is 0 Å². The lowest BCUT2D eigenvalue weighted by atomic mass is 9.90. The Labute approximate surface area is 224 Å². The van der Waals surface area contributed by atoms with Gasteiger partial charge in [-0.1, -0.05) is 6.07 Å². The standard InChI is InChI=1S/C28H23F3N4O5/c1-40-27(38)16-4-2-3-15(11-16)25(36)33-18-5-7-19(8-6-18)35-26(37)21-12-17(29)14-32-24(21)34(28(35)39)20-9-10-22(30)23(31)13-20/h2-4,9-14,18-19H,5-8H2,1H3,(H,33,36). The van der Waals surface area contributed by atoms with Crippen molar-refractivity contribution >= 4 is 22.9 Å². The molecule has 0 bridgehead atoms. The number of nitrogens with zero attached hydrogens (tertiary/aromatic N) is 3. The van der Waals surface area contributed by atoms with Gasteiger partial charge < -0.3 is 10.1 Å². The van der Waals surface area contributed by atoms with E-state index in [1.165, 1.54) is 25.3 Å². The van der Waals surface area contributed by atoms with Crippen LogP contribution in [0, 0.1) is 17.5 Å². The Bertz CT molecular complexity index is 1760. The number of rotatable bonds is 5. The zero-order valence-electron chi connectivity index (χ0n) is 21.2. The van der Waals surface area contributed by atoms with Crippen LogP contribution in [0.3, 0.4) is 0 Å². The van der Waals surface area contributed by atoms with Crippen molar-refractivity contribution < 1.29 is 27.5 Å². The molecule has 1 aliphatic carbocycles. The third-order valence-corrected chi connectivity index (χ3v) is 7.00. The van der Waals surface area contributed by atoms with Crippen LogP contribution >= 0.6 is 0 Å². The molecule has 0 saturated heterocycles.